The van der Waals surface area contributed by atoms with Crippen molar-refractivity contribution in [3.63, 3.8) is 0 Å². The molecule has 3 aromatic rings. The van der Waals surface area contributed by atoms with E-state index in [9.17, 15) is 4.79 Å². The Balaban J connectivity index is 1.90. The van der Waals surface area contributed by atoms with Gasteiger partial charge in [-0.1, -0.05) is 30.3 Å². The molecule has 2 aromatic carbocycles. The molecule has 0 radical (unpaired) electrons. The third kappa shape index (κ3) is 2.55. The van der Waals surface area contributed by atoms with Gasteiger partial charge in [-0.3, -0.25) is 4.79 Å². The van der Waals surface area contributed by atoms with Crippen LogP contribution in [-0.2, 0) is 13.5 Å². The van der Waals surface area contributed by atoms with E-state index in [1.807, 2.05) is 42.8 Å². The van der Waals surface area contributed by atoms with Crippen molar-refractivity contribution >= 4 is 16.9 Å². The second-order valence-electron chi connectivity index (χ2n) is 7.07. The minimum absolute atomic E-state index is 0.00349. The van der Waals surface area contributed by atoms with E-state index in [0.717, 1.165) is 46.6 Å². The van der Waals surface area contributed by atoms with E-state index in [2.05, 4.69) is 12.1 Å². The molecular weight excluding hydrogens is 326 g/mol. The average molecular weight is 349 g/mol. The summed E-state index contributed by atoms with van der Waals surface area (Å²) in [6.07, 6.45) is 1.64. The fourth-order valence-electron chi connectivity index (χ4n) is 3.63. The number of carbonyl (C=O) groups is 1. The summed E-state index contributed by atoms with van der Waals surface area (Å²) in [6.45, 7) is 1.97. The van der Waals surface area contributed by atoms with Gasteiger partial charge in [0.1, 0.15) is 17.4 Å². The highest BCUT2D eigenvalue weighted by Gasteiger charge is 2.29. The van der Waals surface area contributed by atoms with Crippen molar-refractivity contribution in [3.8, 4) is 5.75 Å². The van der Waals surface area contributed by atoms with Gasteiger partial charge >= 0.3 is 0 Å². The number of fused-ring (bicyclic) bond motifs is 3. The summed E-state index contributed by atoms with van der Waals surface area (Å²) >= 11 is 0. The number of ether oxygens (including phenoxy) is 1. The van der Waals surface area contributed by atoms with Gasteiger partial charge in [0.05, 0.1) is 5.52 Å². The molecule has 0 fully saturated rings. The van der Waals surface area contributed by atoms with Gasteiger partial charge in [0.15, 0.2) is 5.75 Å². The van der Waals surface area contributed by atoms with Crippen LogP contribution in [0.5, 0.6) is 5.75 Å². The Hall–Kier alpha value is -2.82. The Morgan fingerprint density at radius 2 is 2.00 bits per heavy atom. The van der Waals surface area contributed by atoms with Crippen LogP contribution in [0.2, 0.25) is 0 Å². The van der Waals surface area contributed by atoms with Gasteiger partial charge in [-0.2, -0.15) is 0 Å². The molecule has 1 aromatic heterocycles. The molecule has 5 heteroatoms. The zero-order chi connectivity index (χ0) is 18.4. The number of aromatic nitrogens is 2. The van der Waals surface area contributed by atoms with Crippen molar-refractivity contribution < 1.29 is 9.53 Å². The number of benzene rings is 2. The molecule has 1 aliphatic rings. The summed E-state index contributed by atoms with van der Waals surface area (Å²) in [4.78, 5) is 19.1. The lowest BCUT2D eigenvalue weighted by Crippen LogP contribution is -2.25. The molecule has 1 atom stereocenters. The molecule has 1 amide bonds. The van der Waals surface area contributed by atoms with E-state index < -0.39 is 0 Å². The molecule has 2 heterocycles. The molecule has 0 unspecified atom stereocenters. The van der Waals surface area contributed by atoms with Crippen LogP contribution >= 0.6 is 0 Å². The molecule has 5 nitrogen and oxygen atoms in total. The predicted molar refractivity (Wildman–Crippen MR) is 102 cm³/mol. The van der Waals surface area contributed by atoms with Gasteiger partial charge in [-0.25, -0.2) is 4.98 Å². The number of hydrogen-bond donors (Lipinski definition) is 0. The van der Waals surface area contributed by atoms with E-state index in [4.69, 9.17) is 9.72 Å². The molecule has 0 saturated heterocycles. The lowest BCUT2D eigenvalue weighted by atomic mass is 9.93. The highest BCUT2D eigenvalue weighted by Crippen LogP contribution is 2.41. The average Bonchev–Trinajstić information content (AvgIpc) is 2.95. The number of carbonyl (C=O) groups excluding carboxylic acids is 1. The molecule has 0 spiro atoms. The Kier molecular flexibility index (Phi) is 3.94. The Labute approximate surface area is 153 Å². The number of hydrogen-bond acceptors (Lipinski definition) is 3. The van der Waals surface area contributed by atoms with Crippen molar-refractivity contribution in [3.05, 3.63) is 58.9 Å². The largest absolute Gasteiger partial charge is 0.483 e. The first kappa shape index (κ1) is 16.6. The summed E-state index contributed by atoms with van der Waals surface area (Å²) in [5.74, 6) is 1.67. The van der Waals surface area contributed by atoms with Gasteiger partial charge in [-0.05, 0) is 31.4 Å². The zero-order valence-corrected chi connectivity index (χ0v) is 15.6. The molecule has 1 aliphatic heterocycles. The number of rotatable bonds is 2. The monoisotopic (exact) mass is 349 g/mol. The second kappa shape index (κ2) is 6.16. The maximum absolute atomic E-state index is 12.8. The number of aryl methyl sites for hydroxylation is 2. The van der Waals surface area contributed by atoms with Crippen LogP contribution in [0, 0.1) is 6.92 Å². The number of imidazole rings is 1. The molecule has 4 rings (SSSR count). The summed E-state index contributed by atoms with van der Waals surface area (Å²) < 4.78 is 8.44. The van der Waals surface area contributed by atoms with Gasteiger partial charge in [0.25, 0.3) is 5.91 Å². The Morgan fingerprint density at radius 3 is 2.69 bits per heavy atom. The van der Waals surface area contributed by atoms with E-state index >= 15 is 0 Å². The van der Waals surface area contributed by atoms with Crippen molar-refractivity contribution in [2.24, 2.45) is 7.05 Å². The van der Waals surface area contributed by atoms with Crippen molar-refractivity contribution in [2.75, 3.05) is 14.1 Å². The predicted octanol–water partition coefficient (Wildman–Crippen LogP) is 3.65. The summed E-state index contributed by atoms with van der Waals surface area (Å²) in [5, 5.41) is 0. The van der Waals surface area contributed by atoms with E-state index in [-0.39, 0.29) is 12.0 Å². The molecule has 134 valence electrons. The smallest absolute Gasteiger partial charge is 0.253 e. The molecule has 0 bridgehead atoms. The van der Waals surface area contributed by atoms with Gasteiger partial charge in [0, 0.05) is 32.3 Å². The normalized spacial score (nSPS) is 16.2. The highest BCUT2D eigenvalue weighted by molar-refractivity contribution is 6.01. The van der Waals surface area contributed by atoms with Gasteiger partial charge in [-0.15, -0.1) is 0 Å². The zero-order valence-electron chi connectivity index (χ0n) is 15.6. The fraction of sp³-hybridized carbons (Fsp3) is 0.333. The van der Waals surface area contributed by atoms with Gasteiger partial charge in [0.2, 0.25) is 0 Å². The Morgan fingerprint density at radius 1 is 1.27 bits per heavy atom. The van der Waals surface area contributed by atoms with Crippen LogP contribution in [0.4, 0.5) is 0 Å². The minimum Gasteiger partial charge on any atom is -0.483 e. The molecule has 26 heavy (non-hydrogen) atoms. The third-order valence-electron chi connectivity index (χ3n) is 5.18. The van der Waals surface area contributed by atoms with E-state index in [1.54, 1.807) is 19.0 Å². The lowest BCUT2D eigenvalue weighted by molar-refractivity contribution is 0.0823. The number of amides is 1. The SMILES string of the molecule is Cc1nc2c3c(c(C(=O)N(C)C)cc2n1C)CC[C@@H](c1ccccc1)O3. The first-order valence-electron chi connectivity index (χ1n) is 8.89. The van der Waals surface area contributed by atoms with Crippen LogP contribution in [0.1, 0.15) is 39.8 Å². The van der Waals surface area contributed by atoms with Crippen LogP contribution in [0.3, 0.4) is 0 Å². The minimum atomic E-state index is -0.0149. The van der Waals surface area contributed by atoms with Crippen molar-refractivity contribution in [1.82, 2.24) is 14.5 Å². The first-order valence-corrected chi connectivity index (χ1v) is 8.89. The standard InChI is InChI=1S/C21H23N3O2/c1-13-22-19-17(24(13)4)12-16(21(25)23(2)3)15-10-11-18(26-20(15)19)14-8-6-5-7-9-14/h5-9,12,18H,10-11H2,1-4H3/t18-/m0/s1. The quantitative estimate of drug-likeness (QED) is 0.709. The van der Waals surface area contributed by atoms with Crippen molar-refractivity contribution in [2.45, 2.75) is 25.9 Å². The molecule has 0 saturated carbocycles. The highest BCUT2D eigenvalue weighted by atomic mass is 16.5. The maximum atomic E-state index is 12.8. The van der Waals surface area contributed by atoms with Crippen molar-refractivity contribution in [1.29, 1.82) is 0 Å². The summed E-state index contributed by atoms with van der Waals surface area (Å²) in [6, 6.07) is 12.2. The topological polar surface area (TPSA) is 47.4 Å². The van der Waals surface area contributed by atoms with Crippen LogP contribution in [0.25, 0.3) is 11.0 Å². The van der Waals surface area contributed by atoms with E-state index in [0.29, 0.717) is 5.56 Å². The molecular formula is C21H23N3O2. The second-order valence-corrected chi connectivity index (χ2v) is 7.07. The number of nitrogens with zero attached hydrogens (tertiary/aromatic N) is 3. The summed E-state index contributed by atoms with van der Waals surface area (Å²) in [7, 11) is 5.53. The fourth-order valence-corrected chi connectivity index (χ4v) is 3.63. The molecule has 0 N–H and O–H groups in total. The van der Waals surface area contributed by atoms with Crippen LogP contribution in [0.15, 0.2) is 36.4 Å². The Bertz CT molecular complexity index is 990. The van der Waals surface area contributed by atoms with Crippen LogP contribution in [-0.4, -0.2) is 34.5 Å². The molecule has 0 aliphatic carbocycles. The van der Waals surface area contributed by atoms with Gasteiger partial charge < -0.3 is 14.2 Å². The van der Waals surface area contributed by atoms with E-state index in [1.165, 1.54) is 0 Å². The third-order valence-corrected chi connectivity index (χ3v) is 5.18. The maximum Gasteiger partial charge on any atom is 0.253 e. The first-order chi connectivity index (χ1) is 12.5. The van der Waals surface area contributed by atoms with Crippen LogP contribution < -0.4 is 4.74 Å². The summed E-state index contributed by atoms with van der Waals surface area (Å²) in [5.41, 5.74) is 4.62. The lowest BCUT2D eigenvalue weighted by Gasteiger charge is -2.28.